The van der Waals surface area contributed by atoms with Crippen LogP contribution in [0, 0.1) is 12.8 Å². The first-order chi connectivity index (χ1) is 11.1. The summed E-state index contributed by atoms with van der Waals surface area (Å²) in [6.45, 7) is 5.32. The number of aryl methyl sites for hydroxylation is 1. The number of hydrogen-bond acceptors (Lipinski definition) is 4. The minimum absolute atomic E-state index is 0.0156. The molecule has 0 bridgehead atoms. The van der Waals surface area contributed by atoms with Gasteiger partial charge in [0, 0.05) is 11.2 Å². The standard InChI is InChI=1S/C17H27N3O3S/c1-4-24(22,23)20-15-9-8-13(11-12(15)2)19-16(21)14-7-5-6-10-17(14,3)18/h8-9,11,14,20H,4-7,10,18H2,1-3H3,(H,19,21). The van der Waals surface area contributed by atoms with E-state index in [2.05, 4.69) is 10.0 Å². The number of anilines is 2. The summed E-state index contributed by atoms with van der Waals surface area (Å²) in [7, 11) is -3.32. The zero-order valence-corrected chi connectivity index (χ0v) is 15.4. The molecule has 0 spiro atoms. The van der Waals surface area contributed by atoms with Gasteiger partial charge in [-0.05, 0) is 57.4 Å². The van der Waals surface area contributed by atoms with Crippen LogP contribution in [0.5, 0.6) is 0 Å². The Morgan fingerprint density at radius 2 is 2.08 bits per heavy atom. The van der Waals surface area contributed by atoms with Crippen LogP contribution in [-0.4, -0.2) is 25.6 Å². The van der Waals surface area contributed by atoms with E-state index >= 15 is 0 Å². The van der Waals surface area contributed by atoms with Crippen molar-refractivity contribution >= 4 is 27.3 Å². The second kappa shape index (κ2) is 7.11. The number of sulfonamides is 1. The van der Waals surface area contributed by atoms with Gasteiger partial charge in [-0.15, -0.1) is 0 Å². The predicted octanol–water partition coefficient (Wildman–Crippen LogP) is 2.60. The van der Waals surface area contributed by atoms with Gasteiger partial charge in [0.05, 0.1) is 17.4 Å². The highest BCUT2D eigenvalue weighted by molar-refractivity contribution is 7.92. The Morgan fingerprint density at radius 1 is 1.38 bits per heavy atom. The van der Waals surface area contributed by atoms with Crippen LogP contribution >= 0.6 is 0 Å². The van der Waals surface area contributed by atoms with Crippen LogP contribution < -0.4 is 15.8 Å². The zero-order chi connectivity index (χ0) is 18.0. The van der Waals surface area contributed by atoms with Crippen molar-refractivity contribution in [1.29, 1.82) is 0 Å². The van der Waals surface area contributed by atoms with Crippen LogP contribution in [0.15, 0.2) is 18.2 Å². The summed E-state index contributed by atoms with van der Waals surface area (Å²) in [5, 5.41) is 2.92. The van der Waals surface area contributed by atoms with Crippen molar-refractivity contribution in [1.82, 2.24) is 0 Å². The maximum absolute atomic E-state index is 12.6. The van der Waals surface area contributed by atoms with E-state index in [0.29, 0.717) is 11.4 Å². The summed E-state index contributed by atoms with van der Waals surface area (Å²) in [5.74, 6) is -0.257. The van der Waals surface area contributed by atoms with Gasteiger partial charge >= 0.3 is 0 Å². The van der Waals surface area contributed by atoms with Crippen LogP contribution in [0.3, 0.4) is 0 Å². The van der Waals surface area contributed by atoms with Gasteiger partial charge in [0.25, 0.3) is 0 Å². The maximum Gasteiger partial charge on any atom is 0.232 e. The van der Waals surface area contributed by atoms with E-state index in [1.54, 1.807) is 32.0 Å². The number of rotatable bonds is 5. The summed E-state index contributed by atoms with van der Waals surface area (Å²) in [5.41, 5.74) is 7.73. The molecule has 0 aliphatic heterocycles. The molecule has 134 valence electrons. The number of benzene rings is 1. The molecule has 1 aromatic carbocycles. The van der Waals surface area contributed by atoms with Crippen molar-refractivity contribution in [3.8, 4) is 0 Å². The van der Waals surface area contributed by atoms with Gasteiger partial charge in [-0.25, -0.2) is 8.42 Å². The molecule has 0 saturated heterocycles. The fraction of sp³-hybridized carbons (Fsp3) is 0.588. The second-order valence-corrected chi connectivity index (χ2v) is 8.84. The average Bonchev–Trinajstić information content (AvgIpc) is 2.49. The highest BCUT2D eigenvalue weighted by Crippen LogP contribution is 2.32. The Labute approximate surface area is 144 Å². The molecule has 1 aliphatic carbocycles. The minimum Gasteiger partial charge on any atom is -0.326 e. The molecule has 2 atom stereocenters. The molecule has 1 aromatic rings. The normalized spacial score (nSPS) is 24.4. The van der Waals surface area contributed by atoms with Crippen LogP contribution in [-0.2, 0) is 14.8 Å². The van der Waals surface area contributed by atoms with Gasteiger partial charge in [-0.2, -0.15) is 0 Å². The molecule has 1 aliphatic rings. The highest BCUT2D eigenvalue weighted by Gasteiger charge is 2.37. The lowest BCUT2D eigenvalue weighted by molar-refractivity contribution is -0.122. The Balaban J connectivity index is 2.11. The number of carbonyl (C=O) groups excluding carboxylic acids is 1. The van der Waals surface area contributed by atoms with E-state index in [0.717, 1.165) is 31.2 Å². The van der Waals surface area contributed by atoms with Gasteiger partial charge in [-0.3, -0.25) is 9.52 Å². The zero-order valence-electron chi connectivity index (χ0n) is 14.6. The molecule has 6 nitrogen and oxygen atoms in total. The van der Waals surface area contributed by atoms with Gasteiger partial charge in [0.1, 0.15) is 0 Å². The van der Waals surface area contributed by atoms with Crippen molar-refractivity contribution in [2.45, 2.75) is 52.0 Å². The molecule has 4 N–H and O–H groups in total. The number of nitrogens with one attached hydrogen (secondary N) is 2. The fourth-order valence-electron chi connectivity index (χ4n) is 3.11. The van der Waals surface area contributed by atoms with E-state index in [9.17, 15) is 13.2 Å². The monoisotopic (exact) mass is 353 g/mol. The molecule has 1 saturated carbocycles. The third kappa shape index (κ3) is 4.48. The smallest absolute Gasteiger partial charge is 0.232 e. The van der Waals surface area contributed by atoms with Gasteiger partial charge in [0.2, 0.25) is 15.9 Å². The number of carbonyl (C=O) groups is 1. The van der Waals surface area contributed by atoms with Crippen molar-refractivity contribution in [3.63, 3.8) is 0 Å². The average molecular weight is 353 g/mol. The summed E-state index contributed by atoms with van der Waals surface area (Å²) < 4.78 is 25.9. The summed E-state index contributed by atoms with van der Waals surface area (Å²) in [6, 6.07) is 5.14. The quantitative estimate of drug-likeness (QED) is 0.757. The molecule has 24 heavy (non-hydrogen) atoms. The lowest BCUT2D eigenvalue weighted by Gasteiger charge is -2.37. The Morgan fingerprint density at radius 3 is 2.67 bits per heavy atom. The fourth-order valence-corrected chi connectivity index (χ4v) is 3.82. The van der Waals surface area contributed by atoms with E-state index in [-0.39, 0.29) is 17.6 Å². The second-order valence-electron chi connectivity index (χ2n) is 6.83. The van der Waals surface area contributed by atoms with E-state index in [4.69, 9.17) is 5.73 Å². The van der Waals surface area contributed by atoms with E-state index in [1.165, 1.54) is 0 Å². The maximum atomic E-state index is 12.6. The molecular weight excluding hydrogens is 326 g/mol. The summed E-state index contributed by atoms with van der Waals surface area (Å²) in [4.78, 5) is 12.6. The largest absolute Gasteiger partial charge is 0.326 e. The SMILES string of the molecule is CCS(=O)(=O)Nc1ccc(NC(=O)C2CCCCC2(C)N)cc1C. The first-order valence-electron chi connectivity index (χ1n) is 8.35. The molecule has 7 heteroatoms. The van der Waals surface area contributed by atoms with E-state index < -0.39 is 15.6 Å². The lowest BCUT2D eigenvalue weighted by Crippen LogP contribution is -2.51. The van der Waals surface area contributed by atoms with Crippen LogP contribution in [0.4, 0.5) is 11.4 Å². The van der Waals surface area contributed by atoms with Gasteiger partial charge < -0.3 is 11.1 Å². The molecule has 1 fully saturated rings. The van der Waals surface area contributed by atoms with Crippen molar-refractivity contribution < 1.29 is 13.2 Å². The topological polar surface area (TPSA) is 101 Å². The van der Waals surface area contributed by atoms with Crippen LogP contribution in [0.25, 0.3) is 0 Å². The third-order valence-electron chi connectivity index (χ3n) is 4.71. The van der Waals surface area contributed by atoms with Crippen molar-refractivity contribution in [3.05, 3.63) is 23.8 Å². The highest BCUT2D eigenvalue weighted by atomic mass is 32.2. The molecule has 0 aromatic heterocycles. The Kier molecular flexibility index (Phi) is 5.55. The predicted molar refractivity (Wildman–Crippen MR) is 97.4 cm³/mol. The Bertz CT molecular complexity index is 714. The Hall–Kier alpha value is -1.60. The molecule has 0 heterocycles. The third-order valence-corrected chi connectivity index (χ3v) is 6.00. The van der Waals surface area contributed by atoms with Crippen LogP contribution in [0.2, 0.25) is 0 Å². The van der Waals surface area contributed by atoms with Crippen molar-refractivity contribution in [2.24, 2.45) is 11.7 Å². The number of hydrogen-bond donors (Lipinski definition) is 3. The summed E-state index contributed by atoms with van der Waals surface area (Å²) >= 11 is 0. The summed E-state index contributed by atoms with van der Waals surface area (Å²) in [6.07, 6.45) is 3.72. The number of nitrogens with two attached hydrogens (primary N) is 1. The molecule has 0 radical (unpaired) electrons. The molecule has 2 rings (SSSR count). The molecule has 1 amide bonds. The lowest BCUT2D eigenvalue weighted by atomic mass is 9.74. The first-order valence-corrected chi connectivity index (χ1v) is 10.0. The molecule has 2 unspecified atom stereocenters. The number of amides is 1. The van der Waals surface area contributed by atoms with Crippen molar-refractivity contribution in [2.75, 3.05) is 15.8 Å². The van der Waals surface area contributed by atoms with E-state index in [1.807, 2.05) is 6.92 Å². The van der Waals surface area contributed by atoms with Gasteiger partial charge in [-0.1, -0.05) is 12.8 Å². The first kappa shape index (κ1) is 18.7. The minimum atomic E-state index is -3.32. The molecular formula is C17H27N3O3S. The van der Waals surface area contributed by atoms with Crippen LogP contribution in [0.1, 0.15) is 45.1 Å². The van der Waals surface area contributed by atoms with Gasteiger partial charge in [0.15, 0.2) is 0 Å².